The van der Waals surface area contributed by atoms with Crippen LogP contribution < -0.4 is 10.9 Å². The van der Waals surface area contributed by atoms with Crippen LogP contribution in [-0.4, -0.2) is 35.7 Å². The van der Waals surface area contributed by atoms with Crippen LogP contribution in [0.4, 0.5) is 0 Å². The quantitative estimate of drug-likeness (QED) is 0.115. The van der Waals surface area contributed by atoms with Crippen LogP contribution in [0.1, 0.15) is 5.56 Å². The van der Waals surface area contributed by atoms with Gasteiger partial charge in [-0.05, 0) is 23.9 Å². The van der Waals surface area contributed by atoms with Crippen LogP contribution in [0.25, 0.3) is 75.4 Å². The Bertz CT molecular complexity index is 2170. The van der Waals surface area contributed by atoms with E-state index in [-0.39, 0.29) is 75.8 Å². The summed E-state index contributed by atoms with van der Waals surface area (Å²) in [4.78, 5) is 27.7. The van der Waals surface area contributed by atoms with Gasteiger partial charge in [0.25, 0.3) is 0 Å². The van der Waals surface area contributed by atoms with Crippen molar-refractivity contribution in [2.45, 2.75) is 6.92 Å². The van der Waals surface area contributed by atoms with Crippen LogP contribution in [0.2, 0.25) is 0 Å². The van der Waals surface area contributed by atoms with E-state index >= 15 is 0 Å². The van der Waals surface area contributed by atoms with Crippen molar-refractivity contribution >= 4 is 75.4 Å². The van der Waals surface area contributed by atoms with E-state index in [1.807, 2.05) is 0 Å². The Morgan fingerprint density at radius 3 is 0.947 bits per heavy atom. The lowest BCUT2D eigenvalue weighted by Crippen LogP contribution is -2.10. The Labute approximate surface area is 208 Å². The summed E-state index contributed by atoms with van der Waals surface area (Å²) in [6, 6.07) is 4.22. The molecule has 8 aromatic carbocycles. The third kappa shape index (κ3) is 1.90. The number of aryl methyl sites for hydroxylation is 1. The molecule has 9 heteroatoms. The van der Waals surface area contributed by atoms with Crippen LogP contribution in [-0.2, 0) is 0 Å². The molecule has 0 heterocycles. The van der Waals surface area contributed by atoms with Gasteiger partial charge in [-0.25, -0.2) is 0 Å². The lowest BCUT2D eigenvalue weighted by atomic mass is 9.78. The summed E-state index contributed by atoms with van der Waals surface area (Å²) < 4.78 is 0. The highest BCUT2D eigenvalue weighted by atomic mass is 16.3. The van der Waals surface area contributed by atoms with Crippen molar-refractivity contribution < 1.29 is 35.7 Å². The first-order valence-corrected chi connectivity index (χ1v) is 11.5. The van der Waals surface area contributed by atoms with Crippen molar-refractivity contribution in [1.82, 2.24) is 0 Å². The fourth-order valence-corrected chi connectivity index (χ4v) is 6.77. The molecule has 8 aromatic rings. The van der Waals surface area contributed by atoms with Crippen LogP contribution >= 0.6 is 0 Å². The fraction of sp³-hybridized carbons (Fsp3) is 0.0345. The summed E-state index contributed by atoms with van der Waals surface area (Å²) in [6.45, 7) is 1.64. The van der Waals surface area contributed by atoms with Crippen molar-refractivity contribution in [3.63, 3.8) is 0 Å². The predicted molar refractivity (Wildman–Crippen MR) is 143 cm³/mol. The Morgan fingerprint density at radius 2 is 0.579 bits per heavy atom. The topological polar surface area (TPSA) is 176 Å². The van der Waals surface area contributed by atoms with E-state index in [4.69, 9.17) is 0 Å². The van der Waals surface area contributed by atoms with Crippen molar-refractivity contribution in [2.75, 3.05) is 0 Å². The molecule has 7 N–H and O–H groups in total. The molecular weight excluding hydrogens is 492 g/mol. The number of hydrogen-bond donors (Lipinski definition) is 7. The van der Waals surface area contributed by atoms with E-state index in [1.54, 1.807) is 6.92 Å². The van der Waals surface area contributed by atoms with Crippen LogP contribution in [0, 0.1) is 6.92 Å². The standard InChI is InChI=1S/C29H14O9/c1-6-2-7(30)18-22-14(6)15-8(31)3-11(34)19-23(15)27-25-17(10(33)5-13(36)21(25)29(19)38)16-9(32)4-12(35)20(28(18)37)24(16)26(22)27/h2-5,30-36H,1H3. The second-order valence-electron chi connectivity index (χ2n) is 9.87. The Morgan fingerprint density at radius 1 is 0.342 bits per heavy atom. The zero-order valence-corrected chi connectivity index (χ0v) is 19.3. The first-order valence-electron chi connectivity index (χ1n) is 11.5. The van der Waals surface area contributed by atoms with Crippen molar-refractivity contribution in [3.8, 4) is 40.2 Å². The van der Waals surface area contributed by atoms with Crippen LogP contribution in [0.3, 0.4) is 0 Å². The Balaban J connectivity index is 2.04. The summed E-state index contributed by atoms with van der Waals surface area (Å²) in [7, 11) is 0. The Kier molecular flexibility index (Phi) is 3.23. The molecule has 0 aliphatic rings. The summed E-state index contributed by atoms with van der Waals surface area (Å²) >= 11 is 0. The smallest absolute Gasteiger partial charge is 0.201 e. The van der Waals surface area contributed by atoms with Gasteiger partial charge in [0.15, 0.2) is 0 Å². The molecule has 0 radical (unpaired) electrons. The minimum absolute atomic E-state index is 0.0348. The normalized spacial score (nSPS) is 12.8. The molecule has 0 bridgehead atoms. The number of aromatic hydroxyl groups is 7. The number of phenolic OH excluding ortho intramolecular Hbond substituents is 7. The highest BCUT2D eigenvalue weighted by Gasteiger charge is 2.33. The van der Waals surface area contributed by atoms with Gasteiger partial charge in [0.05, 0.1) is 21.5 Å². The van der Waals surface area contributed by atoms with Crippen molar-refractivity contribution in [1.29, 1.82) is 0 Å². The number of phenols is 7. The number of fused-ring (bicyclic) bond motifs is 2. The third-order valence-corrected chi connectivity index (χ3v) is 8.02. The average Bonchev–Trinajstić information content (AvgIpc) is 2.82. The molecular formula is C29H14O9. The molecule has 0 aromatic heterocycles. The first-order chi connectivity index (χ1) is 18.0. The van der Waals surface area contributed by atoms with Gasteiger partial charge in [0.2, 0.25) is 10.9 Å². The van der Waals surface area contributed by atoms with Gasteiger partial charge < -0.3 is 35.7 Å². The Hall–Kier alpha value is -5.44. The molecule has 38 heavy (non-hydrogen) atoms. The predicted octanol–water partition coefficient (Wildman–Crippen LogP) is 4.48. The summed E-state index contributed by atoms with van der Waals surface area (Å²) in [5, 5.41) is 77.0. The van der Waals surface area contributed by atoms with E-state index < -0.39 is 45.4 Å². The molecule has 0 aliphatic carbocycles. The minimum atomic E-state index is -0.772. The van der Waals surface area contributed by atoms with Crippen LogP contribution in [0.15, 0.2) is 33.9 Å². The summed E-state index contributed by atoms with van der Waals surface area (Å²) in [6.07, 6.45) is 0. The second-order valence-corrected chi connectivity index (χ2v) is 9.87. The molecule has 8 rings (SSSR count). The molecule has 184 valence electrons. The first kappa shape index (κ1) is 20.7. The van der Waals surface area contributed by atoms with Gasteiger partial charge in [0.1, 0.15) is 40.2 Å². The number of benzene rings is 8. The largest absolute Gasteiger partial charge is 0.507 e. The van der Waals surface area contributed by atoms with Crippen molar-refractivity contribution in [2.24, 2.45) is 0 Å². The molecule has 0 fully saturated rings. The van der Waals surface area contributed by atoms with Gasteiger partial charge >= 0.3 is 0 Å². The summed E-state index contributed by atoms with van der Waals surface area (Å²) in [5.41, 5.74) is -1.07. The molecule has 0 saturated heterocycles. The fourth-order valence-electron chi connectivity index (χ4n) is 6.77. The lowest BCUT2D eigenvalue weighted by Gasteiger charge is -2.24. The molecule has 0 aliphatic heterocycles. The molecule has 0 saturated carbocycles. The highest BCUT2D eigenvalue weighted by molar-refractivity contribution is 6.51. The second kappa shape index (κ2) is 5.92. The average molecular weight is 506 g/mol. The molecule has 0 amide bonds. The maximum atomic E-state index is 13.8. The van der Waals surface area contributed by atoms with Gasteiger partial charge in [-0.2, -0.15) is 0 Å². The number of rotatable bonds is 0. The highest BCUT2D eigenvalue weighted by Crippen LogP contribution is 2.57. The maximum Gasteiger partial charge on any atom is 0.201 e. The summed E-state index contributed by atoms with van der Waals surface area (Å²) in [5.74, 6) is -3.46. The maximum absolute atomic E-state index is 13.8. The van der Waals surface area contributed by atoms with Crippen LogP contribution in [0.5, 0.6) is 40.2 Å². The molecule has 0 unspecified atom stereocenters. The molecule has 9 nitrogen and oxygen atoms in total. The van der Waals surface area contributed by atoms with E-state index in [2.05, 4.69) is 0 Å². The third-order valence-electron chi connectivity index (χ3n) is 8.02. The SMILES string of the molecule is Cc1cc(O)c2c(=O)c3c(O)cc(O)c4c5c(O)cc(O)c6c(=O)c7c(O)cc(O)c8c1c2c(c34)c(c78)c65. The van der Waals surface area contributed by atoms with E-state index in [9.17, 15) is 45.3 Å². The molecule has 0 atom stereocenters. The van der Waals surface area contributed by atoms with Crippen molar-refractivity contribution in [3.05, 3.63) is 50.3 Å². The van der Waals surface area contributed by atoms with Gasteiger partial charge in [0, 0.05) is 66.7 Å². The van der Waals surface area contributed by atoms with Gasteiger partial charge in [-0.15, -0.1) is 0 Å². The minimum Gasteiger partial charge on any atom is -0.507 e. The molecule has 0 spiro atoms. The number of hydrogen-bond acceptors (Lipinski definition) is 9. The van der Waals surface area contributed by atoms with E-state index in [0.29, 0.717) is 10.9 Å². The lowest BCUT2D eigenvalue weighted by molar-refractivity contribution is 0.455. The monoisotopic (exact) mass is 506 g/mol. The van der Waals surface area contributed by atoms with Gasteiger partial charge in [-0.3, -0.25) is 9.59 Å². The zero-order chi connectivity index (χ0) is 26.7. The zero-order valence-electron chi connectivity index (χ0n) is 19.3. The van der Waals surface area contributed by atoms with E-state index in [1.165, 1.54) is 6.07 Å². The van der Waals surface area contributed by atoms with Gasteiger partial charge in [-0.1, -0.05) is 0 Å². The van der Waals surface area contributed by atoms with E-state index in [0.717, 1.165) is 18.2 Å².